The van der Waals surface area contributed by atoms with Gasteiger partial charge in [0.15, 0.2) is 11.5 Å². The van der Waals surface area contributed by atoms with E-state index in [-0.39, 0.29) is 5.82 Å². The lowest BCUT2D eigenvalue weighted by molar-refractivity contribution is 0.121. The van der Waals surface area contributed by atoms with E-state index in [1.54, 1.807) is 10.6 Å². The van der Waals surface area contributed by atoms with Crippen LogP contribution in [0.1, 0.15) is 43.0 Å². The first-order valence-corrected chi connectivity index (χ1v) is 10.7. The van der Waals surface area contributed by atoms with E-state index < -0.39 is 0 Å². The van der Waals surface area contributed by atoms with E-state index in [1.165, 1.54) is 12.8 Å². The molecular formula is C23H25FN6. The van der Waals surface area contributed by atoms with Gasteiger partial charge in [0.25, 0.3) is 0 Å². The highest BCUT2D eigenvalue weighted by molar-refractivity contribution is 5.84. The van der Waals surface area contributed by atoms with Crippen LogP contribution in [0.5, 0.6) is 0 Å². The monoisotopic (exact) mass is 404 g/mol. The normalized spacial score (nSPS) is 21.1. The van der Waals surface area contributed by atoms with Gasteiger partial charge >= 0.3 is 0 Å². The summed E-state index contributed by atoms with van der Waals surface area (Å²) in [4.78, 5) is 7.00. The number of likely N-dealkylation sites (tertiary alicyclic amines) is 1. The summed E-state index contributed by atoms with van der Waals surface area (Å²) in [6.45, 7) is 5.03. The minimum atomic E-state index is -0.295. The highest BCUT2D eigenvalue weighted by Gasteiger charge is 2.50. The predicted octanol–water partition coefficient (Wildman–Crippen LogP) is 4.30. The van der Waals surface area contributed by atoms with Crippen LogP contribution in [-0.4, -0.2) is 48.4 Å². The summed E-state index contributed by atoms with van der Waals surface area (Å²) in [6, 6.07) is 5.86. The molecule has 0 unspecified atom stereocenters. The summed E-state index contributed by atoms with van der Waals surface area (Å²) in [5.74, 6) is -0.295. The van der Waals surface area contributed by atoms with Gasteiger partial charge in [-0.15, -0.1) is 0 Å². The second-order valence-corrected chi connectivity index (χ2v) is 9.16. The van der Waals surface area contributed by atoms with E-state index >= 15 is 4.39 Å². The van der Waals surface area contributed by atoms with E-state index in [0.717, 1.165) is 52.9 Å². The minimum Gasteiger partial charge on any atom is -0.301 e. The molecule has 30 heavy (non-hydrogen) atoms. The molecule has 6 nitrogen and oxygen atoms in total. The third kappa shape index (κ3) is 2.68. The molecule has 6 rings (SSSR count). The van der Waals surface area contributed by atoms with Crippen molar-refractivity contribution < 1.29 is 4.39 Å². The fourth-order valence-electron chi connectivity index (χ4n) is 5.06. The summed E-state index contributed by atoms with van der Waals surface area (Å²) in [6.07, 6.45) is 8.59. The van der Waals surface area contributed by atoms with Crippen molar-refractivity contribution in [3.05, 3.63) is 47.7 Å². The molecule has 1 saturated heterocycles. The second kappa shape index (κ2) is 6.11. The Bertz CT molecular complexity index is 1300. The topological polar surface area (TPSA) is 51.3 Å². The minimum absolute atomic E-state index is 0.295. The number of hydrogen-bond acceptors (Lipinski definition) is 4. The number of aryl methyl sites for hydroxylation is 2. The van der Waals surface area contributed by atoms with E-state index in [9.17, 15) is 0 Å². The number of rotatable bonds is 2. The molecule has 7 heteroatoms. The summed E-state index contributed by atoms with van der Waals surface area (Å²) in [7, 11) is 2.22. The van der Waals surface area contributed by atoms with Crippen LogP contribution in [0.4, 0.5) is 4.39 Å². The number of hydrogen-bond donors (Lipinski definition) is 0. The lowest BCUT2D eigenvalue weighted by atomic mass is 9.96. The summed E-state index contributed by atoms with van der Waals surface area (Å²) < 4.78 is 18.8. The molecule has 0 radical (unpaired) electrons. The molecule has 3 aromatic heterocycles. The molecule has 1 atom stereocenters. The second-order valence-electron chi connectivity index (χ2n) is 9.16. The molecule has 1 aliphatic heterocycles. The third-order valence-electron chi connectivity index (χ3n) is 7.03. The Morgan fingerprint density at radius 2 is 1.93 bits per heavy atom. The number of piperidine rings is 1. The average Bonchev–Trinajstić information content (AvgIpc) is 3.16. The van der Waals surface area contributed by atoms with Crippen molar-refractivity contribution in [2.24, 2.45) is 0 Å². The summed E-state index contributed by atoms with van der Waals surface area (Å²) in [5.41, 5.74) is 5.06. The van der Waals surface area contributed by atoms with E-state index in [0.29, 0.717) is 17.1 Å². The van der Waals surface area contributed by atoms with Crippen LogP contribution in [0, 0.1) is 19.7 Å². The molecule has 0 N–H and O–H groups in total. The first-order valence-electron chi connectivity index (χ1n) is 10.7. The molecule has 1 aromatic carbocycles. The first kappa shape index (κ1) is 18.0. The highest BCUT2D eigenvalue weighted by Crippen LogP contribution is 2.50. The van der Waals surface area contributed by atoms with Gasteiger partial charge in [-0.2, -0.15) is 10.2 Å². The van der Waals surface area contributed by atoms with Gasteiger partial charge in [0, 0.05) is 29.2 Å². The Morgan fingerprint density at radius 1 is 1.10 bits per heavy atom. The van der Waals surface area contributed by atoms with Gasteiger partial charge in [0.1, 0.15) is 5.52 Å². The maximum atomic E-state index is 15.0. The van der Waals surface area contributed by atoms with Crippen LogP contribution in [0.25, 0.3) is 27.8 Å². The Balaban J connectivity index is 1.41. The molecule has 4 aromatic rings. The molecular weight excluding hydrogens is 379 g/mol. The number of aromatic nitrogens is 5. The lowest BCUT2D eigenvalue weighted by Crippen LogP contribution is -2.42. The molecule has 2 aliphatic rings. The van der Waals surface area contributed by atoms with Gasteiger partial charge < -0.3 is 4.90 Å². The highest BCUT2D eigenvalue weighted by atomic mass is 19.1. The van der Waals surface area contributed by atoms with Crippen molar-refractivity contribution in [2.75, 3.05) is 13.6 Å². The van der Waals surface area contributed by atoms with Crippen LogP contribution in [0.2, 0.25) is 0 Å². The van der Waals surface area contributed by atoms with E-state index in [1.807, 2.05) is 43.1 Å². The van der Waals surface area contributed by atoms with Gasteiger partial charge in [-0.25, -0.2) is 13.9 Å². The SMILES string of the molecule is Cc1cn2nc(-c3cc(F)c4nn([C@@H]5CCN(C)C6(CC6)C5)cc4c3)cc(C)c2n1. The molecule has 0 amide bonds. The standard InChI is InChI=1S/C23H25FN6/c1-14-8-20(26-30-12-15(2)25-22(14)30)16-9-17-13-29(27-21(17)19(24)10-16)18-4-7-28(3)23(11-18)5-6-23/h8-10,12-13,18H,4-7,11H2,1-3H3/t18-/m1/s1. The molecule has 4 heterocycles. The first-order chi connectivity index (χ1) is 14.4. The van der Waals surface area contributed by atoms with Crippen molar-refractivity contribution in [3.63, 3.8) is 0 Å². The molecule has 0 bridgehead atoms. The Morgan fingerprint density at radius 3 is 2.73 bits per heavy atom. The maximum Gasteiger partial charge on any atom is 0.156 e. The maximum absolute atomic E-state index is 15.0. The molecule has 2 fully saturated rings. The van der Waals surface area contributed by atoms with Crippen LogP contribution >= 0.6 is 0 Å². The number of nitrogens with zero attached hydrogens (tertiary/aromatic N) is 6. The van der Waals surface area contributed by atoms with Gasteiger partial charge in [-0.1, -0.05) is 0 Å². The van der Waals surface area contributed by atoms with Crippen molar-refractivity contribution in [3.8, 4) is 11.3 Å². The van der Waals surface area contributed by atoms with E-state index in [2.05, 4.69) is 27.1 Å². The van der Waals surface area contributed by atoms with Crippen molar-refractivity contribution in [1.82, 2.24) is 29.3 Å². The zero-order valence-electron chi connectivity index (χ0n) is 17.6. The van der Waals surface area contributed by atoms with Crippen LogP contribution in [-0.2, 0) is 0 Å². The molecule has 1 saturated carbocycles. The van der Waals surface area contributed by atoms with E-state index in [4.69, 9.17) is 0 Å². The van der Waals surface area contributed by atoms with Gasteiger partial charge in [-0.3, -0.25) is 4.68 Å². The Kier molecular flexibility index (Phi) is 3.67. The number of halogens is 1. The Hall–Kier alpha value is -2.80. The fraction of sp³-hybridized carbons (Fsp3) is 0.435. The predicted molar refractivity (Wildman–Crippen MR) is 114 cm³/mol. The quantitative estimate of drug-likeness (QED) is 0.500. The molecule has 1 spiro atoms. The lowest BCUT2D eigenvalue weighted by Gasteiger charge is -2.37. The van der Waals surface area contributed by atoms with Crippen molar-refractivity contribution in [2.45, 2.75) is 51.1 Å². The van der Waals surface area contributed by atoms with Crippen molar-refractivity contribution >= 4 is 16.6 Å². The molecule has 1 aliphatic carbocycles. The zero-order valence-corrected chi connectivity index (χ0v) is 17.6. The van der Waals surface area contributed by atoms with Gasteiger partial charge in [0.2, 0.25) is 0 Å². The van der Waals surface area contributed by atoms with Crippen molar-refractivity contribution in [1.29, 1.82) is 0 Å². The average molecular weight is 404 g/mol. The fourth-order valence-corrected chi connectivity index (χ4v) is 5.06. The van der Waals surface area contributed by atoms with Crippen LogP contribution < -0.4 is 0 Å². The summed E-state index contributed by atoms with van der Waals surface area (Å²) in [5, 5.41) is 10.1. The summed E-state index contributed by atoms with van der Waals surface area (Å²) >= 11 is 0. The van der Waals surface area contributed by atoms with Crippen LogP contribution in [0.3, 0.4) is 0 Å². The largest absolute Gasteiger partial charge is 0.301 e. The number of benzene rings is 1. The smallest absolute Gasteiger partial charge is 0.156 e. The van der Waals surface area contributed by atoms with Gasteiger partial charge in [0.05, 0.1) is 23.6 Å². The third-order valence-corrected chi connectivity index (χ3v) is 7.03. The van der Waals surface area contributed by atoms with Crippen LogP contribution in [0.15, 0.2) is 30.6 Å². The molecule has 154 valence electrons. The number of fused-ring (bicyclic) bond motifs is 2. The van der Waals surface area contributed by atoms with Gasteiger partial charge in [-0.05, 0) is 70.3 Å². The number of imidazole rings is 1. The Labute approximate surface area is 174 Å². The zero-order chi connectivity index (χ0) is 20.6.